The third-order valence-corrected chi connectivity index (χ3v) is 5.98. The Balaban J connectivity index is 1.81. The summed E-state index contributed by atoms with van der Waals surface area (Å²) in [5.74, 6) is 0.295. The van der Waals surface area contributed by atoms with E-state index in [0.717, 1.165) is 6.26 Å². The van der Waals surface area contributed by atoms with Crippen LogP contribution >= 0.6 is 11.6 Å². The molecule has 160 valence electrons. The van der Waals surface area contributed by atoms with Crippen molar-refractivity contribution in [3.8, 4) is 11.8 Å². The van der Waals surface area contributed by atoms with Crippen LogP contribution in [0.1, 0.15) is 18.9 Å². The highest BCUT2D eigenvalue weighted by Crippen LogP contribution is 2.21. The molecule has 0 bridgehead atoms. The van der Waals surface area contributed by atoms with E-state index in [4.69, 9.17) is 21.6 Å². The fraction of sp³-hybridized carbons (Fsp3) is 0.333. The number of anilines is 1. The van der Waals surface area contributed by atoms with Gasteiger partial charge < -0.3 is 10.1 Å². The van der Waals surface area contributed by atoms with Gasteiger partial charge in [-0.2, -0.15) is 5.26 Å². The van der Waals surface area contributed by atoms with Crippen molar-refractivity contribution >= 4 is 33.0 Å². The summed E-state index contributed by atoms with van der Waals surface area (Å²) in [6.07, 6.45) is 1.80. The van der Waals surface area contributed by atoms with Crippen LogP contribution in [0.5, 0.6) is 5.75 Å². The van der Waals surface area contributed by atoms with Gasteiger partial charge in [0.15, 0.2) is 9.84 Å². The van der Waals surface area contributed by atoms with Gasteiger partial charge in [0.05, 0.1) is 28.1 Å². The Morgan fingerprint density at radius 2 is 2.03 bits per heavy atom. The van der Waals surface area contributed by atoms with E-state index >= 15 is 0 Å². The monoisotopic (exact) mass is 449 g/mol. The summed E-state index contributed by atoms with van der Waals surface area (Å²) in [5, 5.41) is 12.0. The van der Waals surface area contributed by atoms with E-state index in [9.17, 15) is 13.2 Å². The van der Waals surface area contributed by atoms with Crippen molar-refractivity contribution in [2.45, 2.75) is 24.3 Å². The van der Waals surface area contributed by atoms with Gasteiger partial charge in [-0.05, 0) is 56.8 Å². The van der Waals surface area contributed by atoms with Gasteiger partial charge in [-0.25, -0.2) is 8.42 Å². The van der Waals surface area contributed by atoms with Crippen LogP contribution in [0.25, 0.3) is 0 Å². The number of sulfone groups is 1. The topological polar surface area (TPSA) is 99.5 Å². The second-order valence-corrected chi connectivity index (χ2v) is 9.32. The quantitative estimate of drug-likeness (QED) is 0.589. The summed E-state index contributed by atoms with van der Waals surface area (Å²) in [6.45, 7) is 2.78. The highest BCUT2D eigenvalue weighted by atomic mass is 35.5. The van der Waals surface area contributed by atoms with Crippen LogP contribution < -0.4 is 10.1 Å². The zero-order valence-electron chi connectivity index (χ0n) is 17.1. The van der Waals surface area contributed by atoms with Gasteiger partial charge in [-0.15, -0.1) is 0 Å². The highest BCUT2D eigenvalue weighted by molar-refractivity contribution is 7.90. The average molecular weight is 450 g/mol. The Bertz CT molecular complexity index is 1050. The molecule has 2 aromatic rings. The first-order chi connectivity index (χ1) is 14.1. The summed E-state index contributed by atoms with van der Waals surface area (Å²) in [5.41, 5.74) is 0.875. The Hall–Kier alpha value is -2.60. The second-order valence-electron chi connectivity index (χ2n) is 6.90. The van der Waals surface area contributed by atoms with Gasteiger partial charge in [-0.1, -0.05) is 17.7 Å². The van der Waals surface area contributed by atoms with E-state index in [1.165, 1.54) is 12.1 Å². The molecule has 1 N–H and O–H groups in total. The molecular weight excluding hydrogens is 426 g/mol. The summed E-state index contributed by atoms with van der Waals surface area (Å²) < 4.78 is 28.8. The molecule has 0 aromatic heterocycles. The molecule has 0 saturated heterocycles. The smallest absolute Gasteiger partial charge is 0.241 e. The van der Waals surface area contributed by atoms with E-state index in [-0.39, 0.29) is 15.8 Å². The number of ether oxygens (including phenoxy) is 1. The number of nitriles is 1. The van der Waals surface area contributed by atoms with Crippen LogP contribution in [0.15, 0.2) is 47.4 Å². The first-order valence-electron chi connectivity index (χ1n) is 9.25. The zero-order chi connectivity index (χ0) is 22.3. The molecule has 2 rings (SSSR count). The predicted molar refractivity (Wildman–Crippen MR) is 117 cm³/mol. The molecule has 0 spiro atoms. The van der Waals surface area contributed by atoms with Crippen molar-refractivity contribution in [3.63, 3.8) is 0 Å². The number of halogens is 1. The van der Waals surface area contributed by atoms with Crippen molar-refractivity contribution in [1.82, 2.24) is 4.90 Å². The highest BCUT2D eigenvalue weighted by Gasteiger charge is 2.18. The number of rotatable bonds is 9. The molecule has 2 aromatic carbocycles. The lowest BCUT2D eigenvalue weighted by Crippen LogP contribution is -2.40. The molecule has 30 heavy (non-hydrogen) atoms. The number of hydrogen-bond acceptors (Lipinski definition) is 6. The second kappa shape index (κ2) is 10.4. The molecule has 0 aliphatic heterocycles. The van der Waals surface area contributed by atoms with Crippen LogP contribution in [0.2, 0.25) is 5.02 Å². The van der Waals surface area contributed by atoms with Crippen molar-refractivity contribution in [2.75, 3.05) is 31.8 Å². The predicted octanol–water partition coefficient (Wildman–Crippen LogP) is 3.34. The minimum absolute atomic E-state index is 0.194. The third kappa shape index (κ3) is 6.73. The zero-order valence-corrected chi connectivity index (χ0v) is 18.6. The van der Waals surface area contributed by atoms with Gasteiger partial charge in [0.2, 0.25) is 5.91 Å². The lowest BCUT2D eigenvalue weighted by Gasteiger charge is -2.24. The molecule has 1 unspecified atom stereocenters. The summed E-state index contributed by atoms with van der Waals surface area (Å²) in [4.78, 5) is 14.6. The number of likely N-dealkylation sites (N-methyl/N-ethyl adjacent to an activating group) is 1. The first kappa shape index (κ1) is 23.7. The van der Waals surface area contributed by atoms with Crippen LogP contribution in [0.4, 0.5) is 5.69 Å². The third-order valence-electron chi connectivity index (χ3n) is 4.56. The molecule has 0 aliphatic carbocycles. The Morgan fingerprint density at radius 3 is 2.67 bits per heavy atom. The fourth-order valence-electron chi connectivity index (χ4n) is 2.62. The molecule has 1 amide bonds. The summed E-state index contributed by atoms with van der Waals surface area (Å²) in [6, 6.07) is 12.7. The summed E-state index contributed by atoms with van der Waals surface area (Å²) in [7, 11) is -1.45. The lowest BCUT2D eigenvalue weighted by molar-refractivity contribution is -0.120. The molecule has 0 radical (unpaired) electrons. The van der Waals surface area contributed by atoms with Crippen LogP contribution in [-0.2, 0) is 14.6 Å². The molecule has 0 heterocycles. The summed E-state index contributed by atoms with van der Waals surface area (Å²) >= 11 is 5.99. The minimum atomic E-state index is -3.28. The van der Waals surface area contributed by atoms with Gasteiger partial charge in [-0.3, -0.25) is 9.69 Å². The van der Waals surface area contributed by atoms with Gasteiger partial charge in [0.1, 0.15) is 11.8 Å². The van der Waals surface area contributed by atoms with Gasteiger partial charge in [0, 0.05) is 18.5 Å². The maximum absolute atomic E-state index is 12.5. The largest absolute Gasteiger partial charge is 0.494 e. The number of benzene rings is 2. The molecule has 0 aliphatic rings. The van der Waals surface area contributed by atoms with Gasteiger partial charge >= 0.3 is 0 Å². The molecular formula is C21H24ClN3O4S. The van der Waals surface area contributed by atoms with E-state index in [1.54, 1.807) is 37.3 Å². The molecule has 7 nitrogen and oxygen atoms in total. The van der Waals surface area contributed by atoms with E-state index < -0.39 is 15.9 Å². The lowest BCUT2D eigenvalue weighted by atomic mass is 10.2. The number of hydrogen-bond donors (Lipinski definition) is 1. The Labute approximate surface area is 182 Å². The minimum Gasteiger partial charge on any atom is -0.494 e. The number of nitrogens with one attached hydrogen (secondary N) is 1. The average Bonchev–Trinajstić information content (AvgIpc) is 2.70. The standard InChI is InChI=1S/C21H24ClN3O4S/c1-15(21(26)24-17-9-8-16(14-23)20(22)12-17)25(2)10-5-11-29-18-6-4-7-19(13-18)30(3,27)28/h4,6-9,12-13,15H,5,10-11H2,1-3H3,(H,24,26). The van der Waals surface area contributed by atoms with Gasteiger partial charge in [0.25, 0.3) is 0 Å². The first-order valence-corrected chi connectivity index (χ1v) is 11.5. The number of carbonyl (C=O) groups excluding carboxylic acids is 1. The Morgan fingerprint density at radius 1 is 1.30 bits per heavy atom. The number of amides is 1. The van der Waals surface area contributed by atoms with Crippen LogP contribution in [0, 0.1) is 11.3 Å². The van der Waals surface area contributed by atoms with Crippen molar-refractivity contribution < 1.29 is 17.9 Å². The van der Waals surface area contributed by atoms with E-state index in [1.807, 2.05) is 18.0 Å². The fourth-order valence-corrected chi connectivity index (χ4v) is 3.50. The van der Waals surface area contributed by atoms with Crippen LogP contribution in [0.3, 0.4) is 0 Å². The molecule has 1 atom stereocenters. The van der Waals surface area contributed by atoms with Crippen molar-refractivity contribution in [1.29, 1.82) is 5.26 Å². The normalized spacial score (nSPS) is 12.3. The molecule has 0 fully saturated rings. The van der Waals surface area contributed by atoms with Crippen molar-refractivity contribution in [3.05, 3.63) is 53.1 Å². The number of nitrogens with zero attached hydrogens (tertiary/aromatic N) is 2. The van der Waals surface area contributed by atoms with E-state index in [0.29, 0.717) is 36.6 Å². The number of carbonyl (C=O) groups is 1. The molecule has 0 saturated carbocycles. The maximum atomic E-state index is 12.5. The van der Waals surface area contributed by atoms with E-state index in [2.05, 4.69) is 5.32 Å². The van der Waals surface area contributed by atoms with Crippen LogP contribution in [-0.4, -0.2) is 51.7 Å². The molecule has 9 heteroatoms. The maximum Gasteiger partial charge on any atom is 0.241 e. The van der Waals surface area contributed by atoms with Crippen molar-refractivity contribution in [2.24, 2.45) is 0 Å². The Kier molecular flexibility index (Phi) is 8.24. The SMILES string of the molecule is CC(C(=O)Nc1ccc(C#N)c(Cl)c1)N(C)CCCOc1cccc(S(C)(=O)=O)c1.